The van der Waals surface area contributed by atoms with Crippen molar-refractivity contribution in [1.29, 1.82) is 0 Å². The lowest BCUT2D eigenvalue weighted by Gasteiger charge is -2.44. The minimum absolute atomic E-state index is 0.0990. The first kappa shape index (κ1) is 20.0. The molecule has 2 unspecified atom stereocenters. The highest BCUT2D eigenvalue weighted by Crippen LogP contribution is 2.43. The molecule has 2 aliphatic heterocycles. The smallest absolute Gasteiger partial charge is 0.416 e. The molecule has 0 radical (unpaired) electrons. The third-order valence-electron chi connectivity index (χ3n) is 5.27. The third kappa shape index (κ3) is 4.57. The first-order chi connectivity index (χ1) is 12.4. The number of alkyl halides is 3. The Bertz CT molecular complexity index is 680. The lowest BCUT2D eigenvalue weighted by atomic mass is 9.81. The number of rotatable bonds is 2. The van der Waals surface area contributed by atoms with Crippen molar-refractivity contribution in [3.8, 4) is 0 Å². The molecule has 1 aromatic rings. The summed E-state index contributed by atoms with van der Waals surface area (Å²) in [6.07, 6.45) is -2.02. The molecule has 27 heavy (non-hydrogen) atoms. The zero-order chi connectivity index (χ0) is 20.0. The third-order valence-corrected chi connectivity index (χ3v) is 5.27. The van der Waals surface area contributed by atoms with Gasteiger partial charge in [-0.3, -0.25) is 0 Å². The number of aliphatic hydroxyl groups is 1. The van der Waals surface area contributed by atoms with Gasteiger partial charge in [0, 0.05) is 18.5 Å². The molecule has 3 rings (SSSR count). The predicted octanol–water partition coefficient (Wildman–Crippen LogP) is 4.54. The summed E-state index contributed by atoms with van der Waals surface area (Å²) in [5, 5.41) is 11.1. The van der Waals surface area contributed by atoms with E-state index < -0.39 is 22.9 Å². The van der Waals surface area contributed by atoms with Crippen LogP contribution in [0.25, 0.3) is 0 Å². The second-order valence-corrected chi connectivity index (χ2v) is 8.78. The van der Waals surface area contributed by atoms with Crippen molar-refractivity contribution in [1.82, 2.24) is 4.90 Å². The second kappa shape index (κ2) is 6.69. The van der Waals surface area contributed by atoms with E-state index in [1.807, 2.05) is 20.8 Å². The van der Waals surface area contributed by atoms with Crippen LogP contribution in [0.3, 0.4) is 0 Å². The van der Waals surface area contributed by atoms with Crippen molar-refractivity contribution in [3.05, 3.63) is 35.4 Å². The molecule has 2 atom stereocenters. The number of ether oxygens (including phenoxy) is 1. The molecule has 2 saturated heterocycles. The SMILES string of the molecule is CC(C)(C)OC(=O)N1C2CCC1CC(O)(Cc1ccc(C(F)(F)F)cc1)C2. The first-order valence-corrected chi connectivity index (χ1v) is 9.26. The van der Waals surface area contributed by atoms with Gasteiger partial charge in [0.2, 0.25) is 0 Å². The number of fused-ring (bicyclic) bond motifs is 2. The zero-order valence-corrected chi connectivity index (χ0v) is 15.8. The Morgan fingerprint density at radius 1 is 1.15 bits per heavy atom. The van der Waals surface area contributed by atoms with Crippen LogP contribution in [0.2, 0.25) is 0 Å². The maximum atomic E-state index is 12.7. The monoisotopic (exact) mass is 385 g/mol. The summed E-state index contributed by atoms with van der Waals surface area (Å²) in [4.78, 5) is 14.2. The lowest BCUT2D eigenvalue weighted by Crippen LogP contribution is -2.54. The number of amides is 1. The average Bonchev–Trinajstić information content (AvgIpc) is 2.78. The van der Waals surface area contributed by atoms with E-state index in [4.69, 9.17) is 4.74 Å². The van der Waals surface area contributed by atoms with Crippen molar-refractivity contribution in [3.63, 3.8) is 0 Å². The van der Waals surface area contributed by atoms with Crippen molar-refractivity contribution in [2.24, 2.45) is 0 Å². The van der Waals surface area contributed by atoms with E-state index in [2.05, 4.69) is 0 Å². The normalized spacial score (nSPS) is 28.3. The Balaban J connectivity index is 1.68. The Morgan fingerprint density at radius 2 is 1.67 bits per heavy atom. The number of hydrogen-bond acceptors (Lipinski definition) is 3. The van der Waals surface area contributed by atoms with Crippen molar-refractivity contribution < 1.29 is 27.8 Å². The zero-order valence-electron chi connectivity index (χ0n) is 15.8. The topological polar surface area (TPSA) is 49.8 Å². The van der Waals surface area contributed by atoms with Crippen LogP contribution in [0.4, 0.5) is 18.0 Å². The van der Waals surface area contributed by atoms with Gasteiger partial charge in [0.1, 0.15) is 5.60 Å². The summed E-state index contributed by atoms with van der Waals surface area (Å²) in [5.41, 5.74) is -1.64. The van der Waals surface area contributed by atoms with Gasteiger partial charge in [0.15, 0.2) is 0 Å². The van der Waals surface area contributed by atoms with Crippen LogP contribution in [0.5, 0.6) is 0 Å². The van der Waals surface area contributed by atoms with Crippen LogP contribution in [0, 0.1) is 0 Å². The summed E-state index contributed by atoms with van der Waals surface area (Å²) >= 11 is 0. The van der Waals surface area contributed by atoms with Crippen molar-refractivity contribution in [2.75, 3.05) is 0 Å². The van der Waals surface area contributed by atoms with Crippen LogP contribution in [0.15, 0.2) is 24.3 Å². The summed E-state index contributed by atoms with van der Waals surface area (Å²) in [6, 6.07) is 4.73. The van der Waals surface area contributed by atoms with Gasteiger partial charge in [-0.15, -0.1) is 0 Å². The number of nitrogens with zero attached hydrogens (tertiary/aromatic N) is 1. The highest BCUT2D eigenvalue weighted by molar-refractivity contribution is 5.69. The quantitative estimate of drug-likeness (QED) is 0.813. The number of hydrogen-bond donors (Lipinski definition) is 1. The minimum atomic E-state index is -4.37. The van der Waals surface area contributed by atoms with Gasteiger partial charge in [-0.2, -0.15) is 13.2 Å². The van der Waals surface area contributed by atoms with Crippen LogP contribution in [-0.2, 0) is 17.3 Å². The van der Waals surface area contributed by atoms with Gasteiger partial charge < -0.3 is 14.7 Å². The molecule has 150 valence electrons. The van der Waals surface area contributed by atoms with Crippen molar-refractivity contribution in [2.45, 2.75) is 82.3 Å². The van der Waals surface area contributed by atoms with Gasteiger partial charge >= 0.3 is 12.3 Å². The molecule has 0 aliphatic carbocycles. The Kier molecular flexibility index (Phi) is 4.95. The molecule has 1 N–H and O–H groups in total. The van der Waals surface area contributed by atoms with Gasteiger partial charge in [0.05, 0.1) is 11.2 Å². The molecule has 2 heterocycles. The Hall–Kier alpha value is -1.76. The lowest BCUT2D eigenvalue weighted by molar-refractivity contribution is -0.137. The van der Waals surface area contributed by atoms with E-state index in [0.29, 0.717) is 18.4 Å². The number of benzene rings is 1. The predicted molar refractivity (Wildman–Crippen MR) is 94.2 cm³/mol. The highest BCUT2D eigenvalue weighted by Gasteiger charge is 2.50. The van der Waals surface area contributed by atoms with E-state index in [0.717, 1.165) is 25.0 Å². The second-order valence-electron chi connectivity index (χ2n) is 8.78. The molecule has 0 aromatic heterocycles. The molecule has 2 aliphatic rings. The van der Waals surface area contributed by atoms with Gasteiger partial charge in [-0.1, -0.05) is 12.1 Å². The average molecular weight is 385 g/mol. The maximum Gasteiger partial charge on any atom is 0.416 e. The standard InChI is InChI=1S/C20H26F3NO3/c1-18(2,3)27-17(25)24-15-8-9-16(24)12-19(26,11-15)10-13-4-6-14(7-5-13)20(21,22)23/h4-7,15-16,26H,8-12H2,1-3H3. The van der Waals surface area contributed by atoms with Crippen LogP contribution < -0.4 is 0 Å². The molecule has 4 nitrogen and oxygen atoms in total. The number of carbonyl (C=O) groups is 1. The fraction of sp³-hybridized carbons (Fsp3) is 0.650. The summed E-state index contributed by atoms with van der Waals surface area (Å²) in [7, 11) is 0. The van der Waals surface area contributed by atoms with Crippen LogP contribution >= 0.6 is 0 Å². The minimum Gasteiger partial charge on any atom is -0.444 e. The summed E-state index contributed by atoms with van der Waals surface area (Å²) in [6.45, 7) is 5.45. The van der Waals surface area contributed by atoms with E-state index in [1.54, 1.807) is 4.90 Å². The first-order valence-electron chi connectivity index (χ1n) is 9.26. The highest BCUT2D eigenvalue weighted by atomic mass is 19.4. The Morgan fingerprint density at radius 3 is 2.11 bits per heavy atom. The van der Waals surface area contributed by atoms with Crippen LogP contribution in [0.1, 0.15) is 57.6 Å². The number of halogens is 3. The number of piperidine rings is 1. The van der Waals surface area contributed by atoms with Gasteiger partial charge in [0.25, 0.3) is 0 Å². The molecule has 2 fully saturated rings. The summed E-state index contributed by atoms with van der Waals surface area (Å²) < 4.78 is 43.6. The fourth-order valence-electron chi connectivity index (χ4n) is 4.27. The molecule has 0 spiro atoms. The van der Waals surface area contributed by atoms with Crippen LogP contribution in [-0.4, -0.2) is 39.4 Å². The van der Waals surface area contributed by atoms with Crippen molar-refractivity contribution >= 4 is 6.09 Å². The number of carbonyl (C=O) groups excluding carboxylic acids is 1. The van der Waals surface area contributed by atoms with E-state index >= 15 is 0 Å². The molecule has 1 aromatic carbocycles. The molecule has 7 heteroatoms. The van der Waals surface area contributed by atoms with Gasteiger partial charge in [-0.05, 0) is 64.2 Å². The summed E-state index contributed by atoms with van der Waals surface area (Å²) in [5.74, 6) is 0. The van der Waals surface area contributed by atoms with E-state index in [-0.39, 0.29) is 24.6 Å². The maximum absolute atomic E-state index is 12.7. The molecular formula is C20H26F3NO3. The fourth-order valence-corrected chi connectivity index (χ4v) is 4.27. The molecule has 0 saturated carbocycles. The Labute approximate surface area is 157 Å². The van der Waals surface area contributed by atoms with E-state index in [9.17, 15) is 23.1 Å². The molecular weight excluding hydrogens is 359 g/mol. The van der Waals surface area contributed by atoms with Gasteiger partial charge in [-0.25, -0.2) is 4.79 Å². The largest absolute Gasteiger partial charge is 0.444 e. The van der Waals surface area contributed by atoms with E-state index in [1.165, 1.54) is 12.1 Å². The molecule has 2 bridgehead atoms. The molecule has 1 amide bonds.